The molecule has 0 aliphatic carbocycles. The van der Waals surface area contributed by atoms with Gasteiger partial charge in [0.25, 0.3) is 0 Å². The molecule has 0 spiro atoms. The summed E-state index contributed by atoms with van der Waals surface area (Å²) in [5.41, 5.74) is 6.52. The normalized spacial score (nSPS) is 11.5. The summed E-state index contributed by atoms with van der Waals surface area (Å²) in [5.74, 6) is 0.140. The van der Waals surface area contributed by atoms with E-state index in [1.165, 1.54) is 35.3 Å². The van der Waals surface area contributed by atoms with Crippen molar-refractivity contribution in [3.05, 3.63) is 89.2 Å². The van der Waals surface area contributed by atoms with Gasteiger partial charge in [0.2, 0.25) is 0 Å². The first-order valence-corrected chi connectivity index (χ1v) is 11.2. The number of hydrazone groups is 1. The van der Waals surface area contributed by atoms with Crippen molar-refractivity contribution in [3.8, 4) is 22.8 Å². The fourth-order valence-corrected chi connectivity index (χ4v) is 3.56. The lowest BCUT2D eigenvalue weighted by Crippen LogP contribution is -2.24. The second-order valence-corrected chi connectivity index (χ2v) is 8.25. The van der Waals surface area contributed by atoms with Gasteiger partial charge in [0.15, 0.2) is 10.9 Å². The Labute approximate surface area is 214 Å². The highest BCUT2D eigenvalue weighted by Crippen LogP contribution is 2.25. The molecule has 0 amide bonds. The van der Waals surface area contributed by atoms with Crippen molar-refractivity contribution in [1.82, 2.24) is 20.2 Å². The highest BCUT2D eigenvalue weighted by atomic mass is 35.5. The minimum atomic E-state index is -4.74. The quantitative estimate of drug-likeness (QED) is 0.178. The zero-order valence-corrected chi connectivity index (χ0v) is 20.2. The van der Waals surface area contributed by atoms with E-state index in [9.17, 15) is 13.2 Å². The summed E-state index contributed by atoms with van der Waals surface area (Å²) >= 11 is 11.4. The Morgan fingerprint density at radius 3 is 2.47 bits per heavy atom. The van der Waals surface area contributed by atoms with Crippen LogP contribution < -0.4 is 15.5 Å². The molecule has 0 atom stereocenters. The minimum Gasteiger partial charge on any atom is -0.406 e. The maximum atomic E-state index is 12.3. The Balaban J connectivity index is 1.36. The molecule has 2 N–H and O–H groups in total. The molecule has 0 fully saturated rings. The summed E-state index contributed by atoms with van der Waals surface area (Å²) in [6.45, 7) is 1.92. The average Bonchev–Trinajstić information content (AvgIpc) is 3.32. The number of halogens is 4. The molecule has 0 unspecified atom stereocenters. The molecule has 0 aliphatic rings. The maximum absolute atomic E-state index is 12.3. The highest BCUT2D eigenvalue weighted by Gasteiger charge is 2.31. The van der Waals surface area contributed by atoms with Gasteiger partial charge in [-0.05, 0) is 60.6 Å². The van der Waals surface area contributed by atoms with Crippen LogP contribution in [-0.4, -0.2) is 32.5 Å². The van der Waals surface area contributed by atoms with E-state index in [0.29, 0.717) is 27.3 Å². The molecule has 3 aromatic carbocycles. The first-order valence-electron chi connectivity index (χ1n) is 10.4. The molecule has 7 nitrogen and oxygen atoms in total. The number of nitrogens with one attached hydrogen (secondary N) is 2. The second kappa shape index (κ2) is 10.8. The lowest BCUT2D eigenvalue weighted by atomic mass is 10.1. The van der Waals surface area contributed by atoms with E-state index in [-0.39, 0.29) is 5.75 Å². The first kappa shape index (κ1) is 25.1. The Kier molecular flexibility index (Phi) is 7.51. The van der Waals surface area contributed by atoms with Gasteiger partial charge in [0.1, 0.15) is 12.1 Å². The van der Waals surface area contributed by atoms with Crippen molar-refractivity contribution in [1.29, 1.82) is 0 Å². The van der Waals surface area contributed by atoms with Crippen LogP contribution in [0.25, 0.3) is 17.1 Å². The monoisotopic (exact) mass is 530 g/mol. The summed E-state index contributed by atoms with van der Waals surface area (Å²) in [4.78, 5) is 4.27. The van der Waals surface area contributed by atoms with E-state index in [0.717, 1.165) is 16.7 Å². The van der Waals surface area contributed by atoms with Gasteiger partial charge in [-0.2, -0.15) is 5.10 Å². The number of aryl methyl sites for hydroxylation is 1. The molecule has 36 heavy (non-hydrogen) atoms. The number of hydrogen-bond donors (Lipinski definition) is 2. The standard InChI is InChI=1S/C24H18ClF3N6OS/c1-15-3-2-4-20(25)21(15)31-23(36)32-30-13-16-5-7-17(8-6-16)22-29-14-34(33-22)18-9-11-19(12-10-18)35-24(26,27)28/h2-14H,1H3,(H2,31,32,36)/b30-13+. The Bertz CT molecular complexity index is 1370. The molecule has 0 saturated carbocycles. The Hall–Kier alpha value is -3.96. The number of ether oxygens (including phenoxy) is 1. The number of para-hydroxylation sites is 1. The number of thiocarbonyl (C=S) groups is 1. The number of rotatable bonds is 6. The van der Waals surface area contributed by atoms with E-state index < -0.39 is 6.36 Å². The summed E-state index contributed by atoms with van der Waals surface area (Å²) in [5, 5.41) is 12.4. The van der Waals surface area contributed by atoms with E-state index in [1.54, 1.807) is 12.3 Å². The molecule has 1 aromatic heterocycles. The Morgan fingerprint density at radius 1 is 1.08 bits per heavy atom. The van der Waals surface area contributed by atoms with Gasteiger partial charge >= 0.3 is 6.36 Å². The van der Waals surface area contributed by atoms with Crippen LogP contribution in [0.4, 0.5) is 18.9 Å². The van der Waals surface area contributed by atoms with E-state index in [4.69, 9.17) is 23.8 Å². The molecule has 0 radical (unpaired) electrons. The van der Waals surface area contributed by atoms with Crippen LogP contribution in [0, 0.1) is 6.92 Å². The van der Waals surface area contributed by atoms with Crippen LogP contribution in [-0.2, 0) is 0 Å². The number of alkyl halides is 3. The molecule has 1 heterocycles. The fourth-order valence-electron chi connectivity index (χ4n) is 3.14. The number of nitrogens with zero attached hydrogens (tertiary/aromatic N) is 4. The largest absolute Gasteiger partial charge is 0.573 e. The predicted molar refractivity (Wildman–Crippen MR) is 137 cm³/mol. The zero-order valence-electron chi connectivity index (χ0n) is 18.6. The van der Waals surface area contributed by atoms with Crippen molar-refractivity contribution in [3.63, 3.8) is 0 Å². The van der Waals surface area contributed by atoms with Crippen LogP contribution in [0.15, 0.2) is 78.2 Å². The summed E-state index contributed by atoms with van der Waals surface area (Å²) < 4.78 is 42.3. The lowest BCUT2D eigenvalue weighted by Gasteiger charge is -2.11. The summed E-state index contributed by atoms with van der Waals surface area (Å²) in [6.07, 6.45) is -1.66. The number of anilines is 1. The molecule has 0 saturated heterocycles. The number of benzene rings is 3. The Morgan fingerprint density at radius 2 is 1.81 bits per heavy atom. The molecular formula is C24H18ClF3N6OS. The maximum Gasteiger partial charge on any atom is 0.573 e. The zero-order chi connectivity index (χ0) is 25.7. The van der Waals surface area contributed by atoms with Crippen LogP contribution in [0.2, 0.25) is 5.02 Å². The summed E-state index contributed by atoms with van der Waals surface area (Å²) in [6, 6.07) is 18.2. The van der Waals surface area contributed by atoms with Crippen molar-refractivity contribution in [2.24, 2.45) is 5.10 Å². The fraction of sp³-hybridized carbons (Fsp3) is 0.0833. The van der Waals surface area contributed by atoms with Crippen molar-refractivity contribution < 1.29 is 17.9 Å². The van der Waals surface area contributed by atoms with Gasteiger partial charge in [-0.1, -0.05) is 48.0 Å². The van der Waals surface area contributed by atoms with Gasteiger partial charge in [-0.15, -0.1) is 18.3 Å². The first-order chi connectivity index (χ1) is 17.2. The van der Waals surface area contributed by atoms with E-state index >= 15 is 0 Å². The minimum absolute atomic E-state index is 0.298. The highest BCUT2D eigenvalue weighted by molar-refractivity contribution is 7.80. The van der Waals surface area contributed by atoms with E-state index in [1.807, 2.05) is 43.3 Å². The van der Waals surface area contributed by atoms with Crippen LogP contribution in [0.5, 0.6) is 5.75 Å². The third kappa shape index (κ3) is 6.58. The molecule has 184 valence electrons. The smallest absolute Gasteiger partial charge is 0.406 e. The van der Waals surface area contributed by atoms with Crippen LogP contribution in [0.3, 0.4) is 0 Å². The number of hydrogen-bond acceptors (Lipinski definition) is 5. The predicted octanol–water partition coefficient (Wildman–Crippen LogP) is 6.12. The van der Waals surface area contributed by atoms with Crippen molar-refractivity contribution in [2.75, 3.05) is 5.32 Å². The molecule has 4 rings (SSSR count). The van der Waals surface area contributed by atoms with Gasteiger partial charge in [-0.25, -0.2) is 9.67 Å². The third-order valence-corrected chi connectivity index (χ3v) is 5.34. The van der Waals surface area contributed by atoms with Gasteiger partial charge in [-0.3, -0.25) is 5.43 Å². The molecule has 0 aliphatic heterocycles. The van der Waals surface area contributed by atoms with Crippen molar-refractivity contribution in [2.45, 2.75) is 13.3 Å². The van der Waals surface area contributed by atoms with Crippen LogP contribution >= 0.6 is 23.8 Å². The molecule has 12 heteroatoms. The second-order valence-electron chi connectivity index (χ2n) is 7.43. The lowest BCUT2D eigenvalue weighted by molar-refractivity contribution is -0.274. The third-order valence-electron chi connectivity index (χ3n) is 4.84. The van der Waals surface area contributed by atoms with Gasteiger partial charge in [0.05, 0.1) is 22.6 Å². The van der Waals surface area contributed by atoms with Crippen molar-refractivity contribution >= 4 is 40.8 Å². The SMILES string of the molecule is Cc1cccc(Cl)c1NC(=S)N/N=C/c1ccc(-c2ncn(-c3ccc(OC(F)(F)F)cc3)n2)cc1. The molecular weight excluding hydrogens is 513 g/mol. The van der Waals surface area contributed by atoms with E-state index in [2.05, 4.69) is 30.7 Å². The van der Waals surface area contributed by atoms with Gasteiger partial charge < -0.3 is 10.1 Å². The molecule has 0 bridgehead atoms. The van der Waals surface area contributed by atoms with Crippen LogP contribution in [0.1, 0.15) is 11.1 Å². The molecule has 4 aromatic rings. The average molecular weight is 531 g/mol. The number of aromatic nitrogens is 3. The summed E-state index contributed by atoms with van der Waals surface area (Å²) in [7, 11) is 0. The topological polar surface area (TPSA) is 76.4 Å². The van der Waals surface area contributed by atoms with Gasteiger partial charge in [0, 0.05) is 5.56 Å².